The summed E-state index contributed by atoms with van der Waals surface area (Å²) in [5.74, 6) is 1.03. The largest absolute Gasteiger partial charge is 0.313 e. The third-order valence-electron chi connectivity index (χ3n) is 3.29. The molecule has 0 aliphatic heterocycles. The van der Waals surface area contributed by atoms with Gasteiger partial charge < -0.3 is 5.32 Å². The molecule has 108 valence electrons. The van der Waals surface area contributed by atoms with Crippen LogP contribution in [0.5, 0.6) is 0 Å². The van der Waals surface area contributed by atoms with E-state index in [0.717, 1.165) is 36.8 Å². The van der Waals surface area contributed by atoms with E-state index in [-0.39, 0.29) is 0 Å². The first-order chi connectivity index (χ1) is 9.72. The van der Waals surface area contributed by atoms with Gasteiger partial charge in [-0.15, -0.1) is 0 Å². The molecule has 0 aliphatic carbocycles. The highest BCUT2D eigenvalue weighted by atomic mass is 35.5. The molecular weight excluding hydrogens is 272 g/mol. The van der Waals surface area contributed by atoms with Gasteiger partial charge >= 0.3 is 0 Å². The molecule has 1 aromatic carbocycles. The summed E-state index contributed by atoms with van der Waals surface area (Å²) < 4.78 is 1.95. The zero-order valence-corrected chi connectivity index (χ0v) is 12.8. The third-order valence-corrected chi connectivity index (χ3v) is 3.52. The van der Waals surface area contributed by atoms with Crippen LogP contribution in [-0.4, -0.2) is 27.4 Å². The molecule has 1 atom stereocenters. The topological polar surface area (TPSA) is 42.7 Å². The second-order valence-corrected chi connectivity index (χ2v) is 5.22. The van der Waals surface area contributed by atoms with E-state index >= 15 is 0 Å². The molecule has 0 bridgehead atoms. The summed E-state index contributed by atoms with van der Waals surface area (Å²) in [7, 11) is 0. The lowest BCUT2D eigenvalue weighted by molar-refractivity contribution is 0.490. The van der Waals surface area contributed by atoms with Gasteiger partial charge in [-0.3, -0.25) is 4.68 Å². The van der Waals surface area contributed by atoms with E-state index < -0.39 is 0 Å². The summed E-state index contributed by atoms with van der Waals surface area (Å²) >= 11 is 6.05. The number of halogens is 1. The van der Waals surface area contributed by atoms with E-state index in [4.69, 9.17) is 11.6 Å². The van der Waals surface area contributed by atoms with Crippen molar-refractivity contribution >= 4 is 11.6 Å². The number of aromatic nitrogens is 3. The molecule has 1 N–H and O–H groups in total. The van der Waals surface area contributed by atoms with Gasteiger partial charge in [0.25, 0.3) is 0 Å². The molecule has 1 heterocycles. The van der Waals surface area contributed by atoms with E-state index in [1.165, 1.54) is 5.56 Å². The fourth-order valence-corrected chi connectivity index (χ4v) is 2.60. The molecule has 4 nitrogen and oxygen atoms in total. The fraction of sp³-hybridized carbons (Fsp3) is 0.467. The lowest BCUT2D eigenvalue weighted by Crippen LogP contribution is -2.34. The Labute approximate surface area is 125 Å². The summed E-state index contributed by atoms with van der Waals surface area (Å²) in [6.45, 7) is 5.99. The maximum Gasteiger partial charge on any atom is 0.138 e. The molecule has 0 radical (unpaired) electrons. The maximum atomic E-state index is 6.05. The van der Waals surface area contributed by atoms with Crippen molar-refractivity contribution < 1.29 is 0 Å². The van der Waals surface area contributed by atoms with Crippen molar-refractivity contribution in [2.75, 3.05) is 6.54 Å². The average molecular weight is 293 g/mol. The van der Waals surface area contributed by atoms with Crippen molar-refractivity contribution in [2.24, 2.45) is 0 Å². The van der Waals surface area contributed by atoms with Crippen molar-refractivity contribution in [2.45, 2.75) is 39.3 Å². The maximum absolute atomic E-state index is 6.05. The first kappa shape index (κ1) is 15.0. The zero-order chi connectivity index (χ0) is 14.4. The third kappa shape index (κ3) is 4.05. The average Bonchev–Trinajstić information content (AvgIpc) is 2.86. The van der Waals surface area contributed by atoms with Crippen molar-refractivity contribution in [3.63, 3.8) is 0 Å². The summed E-state index contributed by atoms with van der Waals surface area (Å²) in [4.78, 5) is 4.35. The Bertz CT molecular complexity index is 538. The quantitative estimate of drug-likeness (QED) is 0.853. The second-order valence-electron chi connectivity index (χ2n) is 4.78. The number of hydrogen-bond acceptors (Lipinski definition) is 3. The second kappa shape index (κ2) is 7.41. The molecule has 0 aliphatic rings. The van der Waals surface area contributed by atoms with E-state index in [2.05, 4.69) is 35.3 Å². The Morgan fingerprint density at radius 1 is 1.30 bits per heavy atom. The van der Waals surface area contributed by atoms with E-state index in [1.807, 2.05) is 22.9 Å². The highest BCUT2D eigenvalue weighted by molar-refractivity contribution is 6.30. The van der Waals surface area contributed by atoms with Crippen LogP contribution in [0.2, 0.25) is 5.02 Å². The Morgan fingerprint density at radius 3 is 2.85 bits per heavy atom. The Morgan fingerprint density at radius 2 is 2.15 bits per heavy atom. The molecule has 20 heavy (non-hydrogen) atoms. The van der Waals surface area contributed by atoms with Crippen LogP contribution in [-0.2, 0) is 19.4 Å². The van der Waals surface area contributed by atoms with Crippen LogP contribution < -0.4 is 5.32 Å². The van der Waals surface area contributed by atoms with Crippen molar-refractivity contribution in [1.29, 1.82) is 0 Å². The molecular formula is C15H21ClN4. The summed E-state index contributed by atoms with van der Waals surface area (Å²) in [6, 6.07) is 8.38. The van der Waals surface area contributed by atoms with Crippen LogP contribution in [0, 0.1) is 0 Å². The standard InChI is InChI=1S/C15H21ClN4/c1-3-17-14(9-12-6-5-7-13(16)8-12)10-15-18-11-19-20(15)4-2/h5-8,11,14,17H,3-4,9-10H2,1-2H3. The van der Waals surface area contributed by atoms with Gasteiger partial charge in [-0.25, -0.2) is 4.98 Å². The predicted octanol–water partition coefficient (Wildman–Crippen LogP) is 2.71. The molecule has 1 aromatic heterocycles. The highest BCUT2D eigenvalue weighted by Gasteiger charge is 2.13. The van der Waals surface area contributed by atoms with E-state index in [9.17, 15) is 0 Å². The molecule has 0 fully saturated rings. The molecule has 0 amide bonds. The van der Waals surface area contributed by atoms with Crippen molar-refractivity contribution in [1.82, 2.24) is 20.1 Å². The Hall–Kier alpha value is -1.39. The summed E-state index contributed by atoms with van der Waals surface area (Å²) in [5, 5.41) is 8.53. The fourth-order valence-electron chi connectivity index (χ4n) is 2.38. The SMILES string of the molecule is CCNC(Cc1cccc(Cl)c1)Cc1ncnn1CC. The molecule has 2 rings (SSSR count). The van der Waals surface area contributed by atoms with Crippen LogP contribution in [0.1, 0.15) is 25.2 Å². The van der Waals surface area contributed by atoms with Gasteiger partial charge in [-0.2, -0.15) is 5.10 Å². The number of benzene rings is 1. The summed E-state index contributed by atoms with van der Waals surface area (Å²) in [5.41, 5.74) is 1.24. The van der Waals surface area contributed by atoms with Gasteiger partial charge in [0.1, 0.15) is 12.2 Å². The van der Waals surface area contributed by atoms with Crippen LogP contribution in [0.15, 0.2) is 30.6 Å². The van der Waals surface area contributed by atoms with Gasteiger partial charge in [0.05, 0.1) is 0 Å². The van der Waals surface area contributed by atoms with Gasteiger partial charge in [-0.1, -0.05) is 30.7 Å². The molecule has 1 unspecified atom stereocenters. The minimum absolute atomic E-state index is 0.341. The Balaban J connectivity index is 2.07. The monoisotopic (exact) mass is 292 g/mol. The first-order valence-corrected chi connectivity index (χ1v) is 7.45. The zero-order valence-electron chi connectivity index (χ0n) is 12.0. The molecule has 0 saturated heterocycles. The normalized spacial score (nSPS) is 12.6. The molecule has 2 aromatic rings. The summed E-state index contributed by atoms with van der Waals surface area (Å²) in [6.07, 6.45) is 3.43. The van der Waals surface area contributed by atoms with Gasteiger partial charge in [0.2, 0.25) is 0 Å². The minimum Gasteiger partial charge on any atom is -0.313 e. The lowest BCUT2D eigenvalue weighted by atomic mass is 10.0. The smallest absolute Gasteiger partial charge is 0.138 e. The van der Waals surface area contributed by atoms with Crippen molar-refractivity contribution in [3.8, 4) is 0 Å². The van der Waals surface area contributed by atoms with E-state index in [0.29, 0.717) is 6.04 Å². The van der Waals surface area contributed by atoms with Gasteiger partial charge in [-0.05, 0) is 37.6 Å². The van der Waals surface area contributed by atoms with Crippen LogP contribution in [0.3, 0.4) is 0 Å². The van der Waals surface area contributed by atoms with Crippen molar-refractivity contribution in [3.05, 3.63) is 47.0 Å². The first-order valence-electron chi connectivity index (χ1n) is 7.07. The van der Waals surface area contributed by atoms with Crippen LogP contribution in [0.25, 0.3) is 0 Å². The molecule has 5 heteroatoms. The number of rotatable bonds is 7. The van der Waals surface area contributed by atoms with Gasteiger partial charge in [0.15, 0.2) is 0 Å². The predicted molar refractivity (Wildman–Crippen MR) is 82.0 cm³/mol. The number of aryl methyl sites for hydroxylation is 1. The Kier molecular flexibility index (Phi) is 5.56. The number of nitrogens with zero attached hydrogens (tertiary/aromatic N) is 3. The van der Waals surface area contributed by atoms with Gasteiger partial charge in [0, 0.05) is 24.0 Å². The number of nitrogens with one attached hydrogen (secondary N) is 1. The molecule has 0 saturated carbocycles. The molecule has 0 spiro atoms. The van der Waals surface area contributed by atoms with Crippen LogP contribution in [0.4, 0.5) is 0 Å². The highest BCUT2D eigenvalue weighted by Crippen LogP contribution is 2.13. The lowest BCUT2D eigenvalue weighted by Gasteiger charge is -2.18. The minimum atomic E-state index is 0.341. The number of likely N-dealkylation sites (N-methyl/N-ethyl adjacent to an activating group) is 1. The van der Waals surface area contributed by atoms with Crippen LogP contribution >= 0.6 is 11.6 Å². The van der Waals surface area contributed by atoms with E-state index in [1.54, 1.807) is 6.33 Å². The number of hydrogen-bond donors (Lipinski definition) is 1.